The first-order chi connectivity index (χ1) is 9.13. The molecule has 2 heterocycles. The van der Waals surface area contributed by atoms with Crippen molar-refractivity contribution in [3.8, 4) is 12.3 Å². The van der Waals surface area contributed by atoms with Crippen LogP contribution in [0.4, 0.5) is 0 Å². The number of rotatable bonds is 4. The van der Waals surface area contributed by atoms with E-state index in [-0.39, 0.29) is 18.2 Å². The van der Waals surface area contributed by atoms with E-state index < -0.39 is 0 Å². The van der Waals surface area contributed by atoms with Crippen molar-refractivity contribution in [1.29, 1.82) is 0 Å². The molecule has 0 bridgehead atoms. The summed E-state index contributed by atoms with van der Waals surface area (Å²) in [5.41, 5.74) is 2.22. The smallest absolute Gasteiger partial charge is 0.170 e. The van der Waals surface area contributed by atoms with E-state index in [1.54, 1.807) is 29.3 Å². The molecule has 5 nitrogen and oxygen atoms in total. The zero-order valence-corrected chi connectivity index (χ0v) is 10.9. The third-order valence-corrected chi connectivity index (χ3v) is 2.96. The molecular formula is C14H14N4O. The molecule has 0 amide bonds. The maximum atomic E-state index is 12.2. The second-order valence-corrected chi connectivity index (χ2v) is 4.28. The molecule has 5 heteroatoms. The molecule has 1 atom stereocenters. The molecule has 0 saturated heterocycles. The third kappa shape index (κ3) is 2.68. The van der Waals surface area contributed by atoms with E-state index in [1.807, 2.05) is 13.8 Å². The van der Waals surface area contributed by atoms with Crippen LogP contribution in [-0.2, 0) is 6.42 Å². The Kier molecular flexibility index (Phi) is 3.71. The Morgan fingerprint density at radius 1 is 1.47 bits per heavy atom. The lowest BCUT2D eigenvalue weighted by atomic mass is 10.1. The standard InChI is InChI=1S/C14H14N4O/c1-4-10(2)18-11(3)13(9-17-18)14(19)7-12-5-6-15-16-8-12/h1,5-6,8-10H,7H2,2-3H3. The van der Waals surface area contributed by atoms with Gasteiger partial charge in [-0.15, -0.1) is 6.42 Å². The monoisotopic (exact) mass is 254 g/mol. The minimum Gasteiger partial charge on any atom is -0.294 e. The Morgan fingerprint density at radius 3 is 2.89 bits per heavy atom. The molecule has 0 fully saturated rings. The lowest BCUT2D eigenvalue weighted by Gasteiger charge is -2.07. The predicted molar refractivity (Wildman–Crippen MR) is 70.6 cm³/mol. The molecule has 19 heavy (non-hydrogen) atoms. The lowest BCUT2D eigenvalue weighted by Crippen LogP contribution is -2.09. The van der Waals surface area contributed by atoms with Crippen LogP contribution < -0.4 is 0 Å². The summed E-state index contributed by atoms with van der Waals surface area (Å²) >= 11 is 0. The lowest BCUT2D eigenvalue weighted by molar-refractivity contribution is 0.0992. The Morgan fingerprint density at radius 2 is 2.26 bits per heavy atom. The summed E-state index contributed by atoms with van der Waals surface area (Å²) in [5, 5.41) is 11.6. The quantitative estimate of drug-likeness (QED) is 0.614. The maximum Gasteiger partial charge on any atom is 0.170 e. The molecule has 0 radical (unpaired) electrons. The molecule has 2 aromatic heterocycles. The van der Waals surface area contributed by atoms with Gasteiger partial charge in [-0.25, -0.2) is 0 Å². The SMILES string of the molecule is C#CC(C)n1ncc(C(=O)Cc2ccnnc2)c1C. The molecule has 0 aliphatic carbocycles. The molecule has 0 aromatic carbocycles. The highest BCUT2D eigenvalue weighted by molar-refractivity contribution is 5.98. The summed E-state index contributed by atoms with van der Waals surface area (Å²) in [7, 11) is 0. The normalized spacial score (nSPS) is 11.8. The topological polar surface area (TPSA) is 60.7 Å². The second-order valence-electron chi connectivity index (χ2n) is 4.28. The minimum atomic E-state index is -0.163. The van der Waals surface area contributed by atoms with Gasteiger partial charge in [-0.05, 0) is 25.5 Å². The van der Waals surface area contributed by atoms with E-state index in [1.165, 1.54) is 0 Å². The number of hydrogen-bond donors (Lipinski definition) is 0. The van der Waals surface area contributed by atoms with E-state index in [0.717, 1.165) is 11.3 Å². The molecular weight excluding hydrogens is 240 g/mol. The van der Waals surface area contributed by atoms with E-state index >= 15 is 0 Å². The number of carbonyl (C=O) groups excluding carboxylic acids is 1. The van der Waals surface area contributed by atoms with Gasteiger partial charge in [-0.1, -0.05) is 5.92 Å². The molecule has 0 aliphatic heterocycles. The Bertz CT molecular complexity index is 625. The Balaban J connectivity index is 2.21. The summed E-state index contributed by atoms with van der Waals surface area (Å²) in [5.74, 6) is 2.60. The van der Waals surface area contributed by atoms with Gasteiger partial charge in [0.25, 0.3) is 0 Å². The van der Waals surface area contributed by atoms with Crippen molar-refractivity contribution in [3.63, 3.8) is 0 Å². The number of nitrogens with zero attached hydrogens (tertiary/aromatic N) is 4. The number of ketones is 1. The van der Waals surface area contributed by atoms with Crippen LogP contribution in [0.1, 0.15) is 34.6 Å². The average Bonchev–Trinajstić information content (AvgIpc) is 2.81. The van der Waals surface area contributed by atoms with Gasteiger partial charge >= 0.3 is 0 Å². The summed E-state index contributed by atoms with van der Waals surface area (Å²) in [6.07, 6.45) is 10.4. The van der Waals surface area contributed by atoms with Gasteiger partial charge in [-0.3, -0.25) is 9.48 Å². The highest BCUT2D eigenvalue weighted by Crippen LogP contribution is 2.15. The van der Waals surface area contributed by atoms with Gasteiger partial charge in [0.15, 0.2) is 5.78 Å². The van der Waals surface area contributed by atoms with Gasteiger partial charge in [0.2, 0.25) is 0 Å². The van der Waals surface area contributed by atoms with Crippen LogP contribution in [0.5, 0.6) is 0 Å². The van der Waals surface area contributed by atoms with Gasteiger partial charge in [0.05, 0.1) is 18.0 Å². The van der Waals surface area contributed by atoms with Crippen molar-refractivity contribution in [3.05, 3.63) is 41.5 Å². The van der Waals surface area contributed by atoms with Crippen LogP contribution in [0, 0.1) is 19.3 Å². The molecule has 2 aromatic rings. The number of carbonyl (C=O) groups is 1. The number of Topliss-reactive ketones (excluding diaryl/α,β-unsaturated/α-hetero) is 1. The van der Waals surface area contributed by atoms with E-state index in [0.29, 0.717) is 5.56 Å². The fourth-order valence-corrected chi connectivity index (χ4v) is 1.86. The van der Waals surface area contributed by atoms with Crippen molar-refractivity contribution in [2.45, 2.75) is 26.3 Å². The number of hydrogen-bond acceptors (Lipinski definition) is 4. The van der Waals surface area contributed by atoms with Crippen molar-refractivity contribution in [1.82, 2.24) is 20.0 Å². The van der Waals surface area contributed by atoms with Gasteiger partial charge < -0.3 is 0 Å². The van der Waals surface area contributed by atoms with Crippen molar-refractivity contribution in [2.75, 3.05) is 0 Å². The van der Waals surface area contributed by atoms with E-state index in [2.05, 4.69) is 21.2 Å². The fraction of sp³-hybridized carbons (Fsp3) is 0.286. The van der Waals surface area contributed by atoms with Crippen LogP contribution in [0.2, 0.25) is 0 Å². The van der Waals surface area contributed by atoms with Crippen molar-refractivity contribution >= 4 is 5.78 Å². The second kappa shape index (κ2) is 5.44. The molecule has 0 spiro atoms. The summed E-state index contributed by atoms with van der Waals surface area (Å²) in [6.45, 7) is 3.71. The van der Waals surface area contributed by atoms with Crippen LogP contribution in [-0.4, -0.2) is 25.8 Å². The Hall–Kier alpha value is -2.48. The van der Waals surface area contributed by atoms with E-state index in [4.69, 9.17) is 6.42 Å². The molecule has 1 unspecified atom stereocenters. The predicted octanol–water partition coefficient (Wildman–Crippen LogP) is 1.60. The highest BCUT2D eigenvalue weighted by atomic mass is 16.1. The van der Waals surface area contributed by atoms with Gasteiger partial charge in [0.1, 0.15) is 6.04 Å². The van der Waals surface area contributed by atoms with Crippen molar-refractivity contribution in [2.24, 2.45) is 0 Å². The molecule has 2 rings (SSSR count). The number of aromatic nitrogens is 4. The average molecular weight is 254 g/mol. The van der Waals surface area contributed by atoms with Crippen molar-refractivity contribution < 1.29 is 4.79 Å². The largest absolute Gasteiger partial charge is 0.294 e. The first-order valence-corrected chi connectivity index (χ1v) is 5.92. The van der Waals surface area contributed by atoms with Crippen LogP contribution >= 0.6 is 0 Å². The van der Waals surface area contributed by atoms with Crippen LogP contribution in [0.15, 0.2) is 24.7 Å². The summed E-state index contributed by atoms with van der Waals surface area (Å²) < 4.78 is 1.68. The fourth-order valence-electron chi connectivity index (χ4n) is 1.86. The van der Waals surface area contributed by atoms with E-state index in [9.17, 15) is 4.79 Å². The highest BCUT2D eigenvalue weighted by Gasteiger charge is 2.16. The first-order valence-electron chi connectivity index (χ1n) is 5.92. The van der Waals surface area contributed by atoms with Crippen LogP contribution in [0.3, 0.4) is 0 Å². The zero-order valence-electron chi connectivity index (χ0n) is 10.9. The third-order valence-electron chi connectivity index (χ3n) is 2.96. The minimum absolute atomic E-state index is 0.000899. The van der Waals surface area contributed by atoms with Gasteiger partial charge in [-0.2, -0.15) is 15.3 Å². The van der Waals surface area contributed by atoms with Crippen LogP contribution in [0.25, 0.3) is 0 Å². The molecule has 0 N–H and O–H groups in total. The maximum absolute atomic E-state index is 12.2. The molecule has 0 saturated carbocycles. The van der Waals surface area contributed by atoms with Gasteiger partial charge in [0, 0.05) is 18.3 Å². The zero-order chi connectivity index (χ0) is 13.8. The summed E-state index contributed by atoms with van der Waals surface area (Å²) in [6, 6.07) is 1.61. The first kappa shape index (κ1) is 13.0. The molecule has 96 valence electrons. The Labute approximate surface area is 111 Å². The summed E-state index contributed by atoms with van der Waals surface area (Å²) in [4.78, 5) is 12.2. The molecule has 0 aliphatic rings. The number of terminal acetylenes is 1.